The predicted molar refractivity (Wildman–Crippen MR) is 109 cm³/mol. The first-order chi connectivity index (χ1) is 14.0. The molecule has 1 aliphatic rings. The van der Waals surface area contributed by atoms with E-state index in [1.54, 1.807) is 12.3 Å². The van der Waals surface area contributed by atoms with Gasteiger partial charge in [-0.1, -0.05) is 42.7 Å². The summed E-state index contributed by atoms with van der Waals surface area (Å²) in [6.07, 6.45) is 4.28. The number of benzene rings is 1. The molecule has 3 heterocycles. The first kappa shape index (κ1) is 19.7. The molecule has 3 aromatic rings. The van der Waals surface area contributed by atoms with Crippen molar-refractivity contribution in [2.45, 2.75) is 44.9 Å². The van der Waals surface area contributed by atoms with Crippen LogP contribution in [0.15, 0.2) is 45.5 Å². The smallest absolute Gasteiger partial charge is 0.292 e. The summed E-state index contributed by atoms with van der Waals surface area (Å²) in [7, 11) is 0. The first-order valence-electron chi connectivity index (χ1n) is 9.94. The number of nitrogens with zero attached hydrogens (tertiary/aromatic N) is 3. The van der Waals surface area contributed by atoms with Crippen molar-refractivity contribution in [2.75, 3.05) is 13.1 Å². The van der Waals surface area contributed by atoms with Crippen LogP contribution in [0.4, 0.5) is 0 Å². The minimum Gasteiger partial charge on any atom is -0.445 e. The van der Waals surface area contributed by atoms with Crippen molar-refractivity contribution < 1.29 is 13.7 Å². The second kappa shape index (κ2) is 8.41. The molecule has 0 spiro atoms. The average Bonchev–Trinajstić information content (AvgIpc) is 3.39. The topological polar surface area (TPSA) is 72.4 Å². The Balaban J connectivity index is 1.42. The number of aromatic nitrogens is 2. The number of amides is 1. The van der Waals surface area contributed by atoms with Gasteiger partial charge in [-0.05, 0) is 36.5 Å². The highest BCUT2D eigenvalue weighted by Crippen LogP contribution is 2.28. The minimum absolute atomic E-state index is 0.0826. The Kier molecular flexibility index (Phi) is 5.72. The summed E-state index contributed by atoms with van der Waals surface area (Å²) in [5.41, 5.74) is 1.91. The van der Waals surface area contributed by atoms with Crippen molar-refractivity contribution >= 4 is 17.5 Å². The molecule has 1 saturated heterocycles. The number of halogens is 1. The monoisotopic (exact) mass is 413 g/mol. The van der Waals surface area contributed by atoms with Crippen molar-refractivity contribution in [3.8, 4) is 0 Å². The molecule has 2 aromatic heterocycles. The lowest BCUT2D eigenvalue weighted by Gasteiger charge is -2.30. The van der Waals surface area contributed by atoms with Gasteiger partial charge in [-0.3, -0.25) is 4.79 Å². The van der Waals surface area contributed by atoms with E-state index in [0.29, 0.717) is 36.2 Å². The molecule has 0 N–H and O–H groups in total. The van der Waals surface area contributed by atoms with Gasteiger partial charge in [0.2, 0.25) is 5.76 Å². The Morgan fingerprint density at radius 2 is 2.10 bits per heavy atom. The van der Waals surface area contributed by atoms with E-state index in [2.05, 4.69) is 10.1 Å². The van der Waals surface area contributed by atoms with Crippen LogP contribution in [-0.2, 0) is 6.42 Å². The van der Waals surface area contributed by atoms with Crippen LogP contribution in [0.5, 0.6) is 0 Å². The molecule has 152 valence electrons. The molecule has 0 radical (unpaired) electrons. The van der Waals surface area contributed by atoms with Gasteiger partial charge in [0, 0.05) is 30.6 Å². The van der Waals surface area contributed by atoms with Gasteiger partial charge in [-0.15, -0.1) is 0 Å². The maximum absolute atomic E-state index is 12.8. The summed E-state index contributed by atoms with van der Waals surface area (Å²) in [5.74, 6) is 1.97. The van der Waals surface area contributed by atoms with E-state index in [1.165, 1.54) is 0 Å². The van der Waals surface area contributed by atoms with Gasteiger partial charge in [0.1, 0.15) is 5.76 Å². The normalized spacial score (nSPS) is 17.1. The van der Waals surface area contributed by atoms with E-state index < -0.39 is 0 Å². The number of piperidine rings is 1. The van der Waals surface area contributed by atoms with Crippen molar-refractivity contribution in [2.24, 2.45) is 0 Å². The average molecular weight is 414 g/mol. The largest absolute Gasteiger partial charge is 0.445 e. The van der Waals surface area contributed by atoms with Gasteiger partial charge >= 0.3 is 0 Å². The summed E-state index contributed by atoms with van der Waals surface area (Å²) < 4.78 is 11.3. The van der Waals surface area contributed by atoms with Gasteiger partial charge in [-0.2, -0.15) is 0 Å². The third-order valence-corrected chi connectivity index (χ3v) is 5.50. The predicted octanol–water partition coefficient (Wildman–Crippen LogP) is 5.05. The highest BCUT2D eigenvalue weighted by atomic mass is 35.5. The van der Waals surface area contributed by atoms with Crippen LogP contribution >= 0.6 is 11.6 Å². The maximum atomic E-state index is 12.8. The van der Waals surface area contributed by atoms with Gasteiger partial charge in [-0.25, -0.2) is 4.98 Å². The number of hydrogen-bond acceptors (Lipinski definition) is 5. The Hall–Kier alpha value is -2.60. The van der Waals surface area contributed by atoms with Gasteiger partial charge < -0.3 is 13.8 Å². The number of likely N-dealkylation sites (tertiary alicyclic amines) is 1. The van der Waals surface area contributed by atoms with Crippen molar-refractivity contribution in [1.82, 2.24) is 15.0 Å². The van der Waals surface area contributed by atoms with E-state index >= 15 is 0 Å². The molecule has 4 rings (SSSR count). The van der Waals surface area contributed by atoms with Crippen LogP contribution in [0.1, 0.15) is 72.0 Å². The van der Waals surface area contributed by atoms with Crippen LogP contribution in [0.3, 0.4) is 0 Å². The fourth-order valence-electron chi connectivity index (χ4n) is 3.58. The molecule has 0 saturated carbocycles. The molecule has 0 bridgehead atoms. The Morgan fingerprint density at radius 1 is 1.31 bits per heavy atom. The fraction of sp³-hybridized carbons (Fsp3) is 0.409. The lowest BCUT2D eigenvalue weighted by molar-refractivity contribution is 0.0656. The van der Waals surface area contributed by atoms with E-state index in [1.807, 2.05) is 43.0 Å². The van der Waals surface area contributed by atoms with Crippen molar-refractivity contribution in [3.63, 3.8) is 0 Å². The highest BCUT2D eigenvalue weighted by Gasteiger charge is 2.30. The highest BCUT2D eigenvalue weighted by molar-refractivity contribution is 6.30. The first-order valence-corrected chi connectivity index (χ1v) is 10.3. The quantitative estimate of drug-likeness (QED) is 0.585. The molecule has 1 atom stereocenters. The molecular formula is C22H24ClN3O3. The van der Waals surface area contributed by atoms with Crippen LogP contribution in [-0.4, -0.2) is 34.0 Å². The number of hydrogen-bond donors (Lipinski definition) is 0. The third-order valence-electron chi connectivity index (χ3n) is 5.25. The summed E-state index contributed by atoms with van der Waals surface area (Å²) >= 11 is 5.94. The molecule has 7 heteroatoms. The molecule has 6 nitrogen and oxygen atoms in total. The van der Waals surface area contributed by atoms with Crippen LogP contribution in [0, 0.1) is 0 Å². The van der Waals surface area contributed by atoms with Crippen LogP contribution in [0.25, 0.3) is 0 Å². The molecular weight excluding hydrogens is 390 g/mol. The van der Waals surface area contributed by atoms with E-state index in [4.69, 9.17) is 20.5 Å². The van der Waals surface area contributed by atoms with Gasteiger partial charge in [0.05, 0.1) is 17.8 Å². The zero-order valence-corrected chi connectivity index (χ0v) is 17.4. The number of oxazole rings is 1. The molecule has 1 aliphatic heterocycles. The van der Waals surface area contributed by atoms with Crippen LogP contribution < -0.4 is 0 Å². The zero-order chi connectivity index (χ0) is 20.4. The summed E-state index contributed by atoms with van der Waals surface area (Å²) in [4.78, 5) is 19.1. The van der Waals surface area contributed by atoms with E-state index in [-0.39, 0.29) is 17.7 Å². The van der Waals surface area contributed by atoms with Gasteiger partial charge in [0.15, 0.2) is 5.89 Å². The molecule has 0 aliphatic carbocycles. The molecule has 0 unspecified atom stereocenters. The maximum Gasteiger partial charge on any atom is 0.292 e. The molecule has 29 heavy (non-hydrogen) atoms. The summed E-state index contributed by atoms with van der Waals surface area (Å²) in [6, 6.07) is 9.44. The minimum atomic E-state index is -0.123. The third kappa shape index (κ3) is 4.53. The Morgan fingerprint density at radius 3 is 2.83 bits per heavy atom. The molecule has 1 amide bonds. The summed E-state index contributed by atoms with van der Waals surface area (Å²) in [5, 5.41) is 4.71. The fourth-order valence-corrected chi connectivity index (χ4v) is 3.70. The summed E-state index contributed by atoms with van der Waals surface area (Å²) in [6.45, 7) is 5.31. The number of carbonyl (C=O) groups excluding carboxylic acids is 1. The second-order valence-electron chi connectivity index (χ2n) is 7.83. The number of rotatable bonds is 5. The van der Waals surface area contributed by atoms with Gasteiger partial charge in [0.25, 0.3) is 5.91 Å². The SMILES string of the molecule is CC(C)c1cc(C(=O)N2CCC[C@@H](c3ncc(Cc4ccc(Cl)cc4)o3)C2)on1. The zero-order valence-electron chi connectivity index (χ0n) is 16.6. The Bertz CT molecular complexity index is 977. The second-order valence-corrected chi connectivity index (χ2v) is 8.27. The number of carbonyl (C=O) groups is 1. The van der Waals surface area contributed by atoms with Crippen molar-refractivity contribution in [3.05, 3.63) is 70.2 Å². The van der Waals surface area contributed by atoms with E-state index in [9.17, 15) is 4.79 Å². The van der Waals surface area contributed by atoms with E-state index in [0.717, 1.165) is 29.9 Å². The lowest BCUT2D eigenvalue weighted by Crippen LogP contribution is -2.39. The molecule has 1 fully saturated rings. The lowest BCUT2D eigenvalue weighted by atomic mass is 9.97. The van der Waals surface area contributed by atoms with Crippen molar-refractivity contribution in [1.29, 1.82) is 0 Å². The van der Waals surface area contributed by atoms with Crippen LogP contribution in [0.2, 0.25) is 5.02 Å². The standard InChI is InChI=1S/C22H24ClN3O3/c1-14(2)19-11-20(29-25-19)22(27)26-9-3-4-16(13-26)21-24-12-18(28-21)10-15-5-7-17(23)8-6-15/h5-8,11-12,14,16H,3-4,9-10,13H2,1-2H3/t16-/m1/s1. The molecule has 1 aromatic carbocycles. The Labute approximate surface area is 174 Å².